The Morgan fingerprint density at radius 1 is 1.18 bits per heavy atom. The summed E-state index contributed by atoms with van der Waals surface area (Å²) in [5, 5.41) is 9.40. The minimum absolute atomic E-state index is 0.0359. The lowest BCUT2D eigenvalue weighted by Gasteiger charge is -2.14. The summed E-state index contributed by atoms with van der Waals surface area (Å²) in [4.78, 5) is 17.7. The number of phenolic OH excluding ortho intramolecular Hbond substituents is 1. The third-order valence-electron chi connectivity index (χ3n) is 2.87. The molecule has 4 heteroatoms. The standard InChI is InChI=1S/C13H10N2O2/c16-11-1-2-12-9(7-11)8-15(13(12)17)10-3-5-14-6-4-10/h1-7,16H,8H2. The summed E-state index contributed by atoms with van der Waals surface area (Å²) in [5.41, 5.74) is 2.33. The van der Waals surface area contributed by atoms with Gasteiger partial charge in [-0.05, 0) is 35.9 Å². The third kappa shape index (κ3) is 1.54. The number of aromatic hydroxyl groups is 1. The topological polar surface area (TPSA) is 53.4 Å². The monoisotopic (exact) mass is 226 g/mol. The van der Waals surface area contributed by atoms with Crippen molar-refractivity contribution in [1.82, 2.24) is 4.98 Å². The number of anilines is 1. The molecule has 0 radical (unpaired) electrons. The van der Waals surface area contributed by atoms with Gasteiger partial charge in [0, 0.05) is 23.6 Å². The van der Waals surface area contributed by atoms with E-state index < -0.39 is 0 Å². The molecule has 1 aromatic carbocycles. The SMILES string of the molecule is O=C1c2ccc(O)cc2CN1c1ccncc1. The Labute approximate surface area is 98.1 Å². The van der Waals surface area contributed by atoms with Gasteiger partial charge in [-0.2, -0.15) is 0 Å². The Hall–Kier alpha value is -2.36. The van der Waals surface area contributed by atoms with Crippen LogP contribution in [0.3, 0.4) is 0 Å². The molecular formula is C13H10N2O2. The first kappa shape index (κ1) is 9.84. The zero-order chi connectivity index (χ0) is 11.8. The lowest BCUT2D eigenvalue weighted by atomic mass is 10.1. The molecule has 0 unspecified atom stereocenters. The fraction of sp³-hybridized carbons (Fsp3) is 0.0769. The molecule has 1 N–H and O–H groups in total. The maximum absolute atomic E-state index is 12.1. The Balaban J connectivity index is 2.02. The van der Waals surface area contributed by atoms with Crippen molar-refractivity contribution in [3.8, 4) is 5.75 Å². The number of rotatable bonds is 1. The van der Waals surface area contributed by atoms with Crippen LogP contribution in [0, 0.1) is 0 Å². The Bertz CT molecular complexity index is 581. The molecule has 0 bridgehead atoms. The molecular weight excluding hydrogens is 216 g/mol. The highest BCUT2D eigenvalue weighted by atomic mass is 16.3. The summed E-state index contributed by atoms with van der Waals surface area (Å²) in [6.07, 6.45) is 3.31. The van der Waals surface area contributed by atoms with Crippen LogP contribution < -0.4 is 4.90 Å². The molecule has 2 aromatic rings. The van der Waals surface area contributed by atoms with Crippen LogP contribution in [0.15, 0.2) is 42.7 Å². The van der Waals surface area contributed by atoms with E-state index in [4.69, 9.17) is 0 Å². The molecule has 1 aromatic heterocycles. The van der Waals surface area contributed by atoms with Gasteiger partial charge in [-0.1, -0.05) is 0 Å². The quantitative estimate of drug-likeness (QED) is 0.808. The molecule has 2 heterocycles. The molecule has 1 aliphatic rings. The van der Waals surface area contributed by atoms with Crippen molar-refractivity contribution in [3.05, 3.63) is 53.9 Å². The molecule has 1 amide bonds. The van der Waals surface area contributed by atoms with E-state index in [1.807, 2.05) is 0 Å². The van der Waals surface area contributed by atoms with E-state index in [0.29, 0.717) is 12.1 Å². The molecule has 0 atom stereocenters. The van der Waals surface area contributed by atoms with Crippen molar-refractivity contribution in [3.63, 3.8) is 0 Å². The van der Waals surface area contributed by atoms with Crippen LogP contribution in [0.25, 0.3) is 0 Å². The maximum atomic E-state index is 12.1. The van der Waals surface area contributed by atoms with Gasteiger partial charge in [0.1, 0.15) is 5.75 Å². The Kier molecular flexibility index (Phi) is 2.08. The number of carbonyl (C=O) groups is 1. The minimum Gasteiger partial charge on any atom is -0.508 e. The number of aromatic nitrogens is 1. The molecule has 17 heavy (non-hydrogen) atoms. The number of pyridine rings is 1. The Morgan fingerprint density at radius 3 is 2.71 bits per heavy atom. The lowest BCUT2D eigenvalue weighted by molar-refractivity contribution is 0.0996. The van der Waals surface area contributed by atoms with Crippen molar-refractivity contribution in [2.75, 3.05) is 4.90 Å². The van der Waals surface area contributed by atoms with Gasteiger partial charge in [0.15, 0.2) is 0 Å². The van der Waals surface area contributed by atoms with Gasteiger partial charge in [-0.25, -0.2) is 0 Å². The van der Waals surface area contributed by atoms with E-state index >= 15 is 0 Å². The first-order chi connectivity index (χ1) is 8.25. The fourth-order valence-corrected chi connectivity index (χ4v) is 2.04. The summed E-state index contributed by atoms with van der Waals surface area (Å²) in [7, 11) is 0. The summed E-state index contributed by atoms with van der Waals surface area (Å²) in [5.74, 6) is 0.152. The summed E-state index contributed by atoms with van der Waals surface area (Å²) in [6, 6.07) is 8.42. The highest BCUT2D eigenvalue weighted by molar-refractivity contribution is 6.10. The first-order valence-electron chi connectivity index (χ1n) is 5.29. The molecule has 0 saturated heterocycles. The zero-order valence-electron chi connectivity index (χ0n) is 9.00. The largest absolute Gasteiger partial charge is 0.508 e. The number of fused-ring (bicyclic) bond motifs is 1. The summed E-state index contributed by atoms with van der Waals surface area (Å²) >= 11 is 0. The summed E-state index contributed by atoms with van der Waals surface area (Å²) < 4.78 is 0. The molecule has 3 rings (SSSR count). The van der Waals surface area contributed by atoms with E-state index in [1.165, 1.54) is 6.07 Å². The number of nitrogens with zero attached hydrogens (tertiary/aromatic N) is 2. The van der Waals surface area contributed by atoms with Crippen LogP contribution in [0.1, 0.15) is 15.9 Å². The van der Waals surface area contributed by atoms with Crippen LogP contribution in [0.4, 0.5) is 5.69 Å². The fourth-order valence-electron chi connectivity index (χ4n) is 2.04. The van der Waals surface area contributed by atoms with Crippen molar-refractivity contribution >= 4 is 11.6 Å². The van der Waals surface area contributed by atoms with Crippen LogP contribution in [0.2, 0.25) is 0 Å². The van der Waals surface area contributed by atoms with Crippen LogP contribution in [-0.2, 0) is 6.54 Å². The predicted octanol–water partition coefficient (Wildman–Crippen LogP) is 1.95. The molecule has 0 spiro atoms. The second-order valence-electron chi connectivity index (χ2n) is 3.94. The van der Waals surface area contributed by atoms with E-state index in [9.17, 15) is 9.90 Å². The molecule has 84 valence electrons. The molecule has 1 aliphatic heterocycles. The summed E-state index contributed by atoms with van der Waals surface area (Å²) in [6.45, 7) is 0.493. The number of benzene rings is 1. The van der Waals surface area contributed by atoms with Crippen molar-refractivity contribution < 1.29 is 9.90 Å². The number of amides is 1. The average molecular weight is 226 g/mol. The van der Waals surface area contributed by atoms with Crippen LogP contribution >= 0.6 is 0 Å². The van der Waals surface area contributed by atoms with E-state index in [1.54, 1.807) is 41.6 Å². The number of hydrogen-bond acceptors (Lipinski definition) is 3. The van der Waals surface area contributed by atoms with Crippen molar-refractivity contribution in [1.29, 1.82) is 0 Å². The van der Waals surface area contributed by atoms with E-state index in [0.717, 1.165) is 11.3 Å². The van der Waals surface area contributed by atoms with Gasteiger partial charge in [0.25, 0.3) is 5.91 Å². The highest BCUT2D eigenvalue weighted by Gasteiger charge is 2.28. The maximum Gasteiger partial charge on any atom is 0.258 e. The van der Waals surface area contributed by atoms with Gasteiger partial charge < -0.3 is 10.0 Å². The Morgan fingerprint density at radius 2 is 1.94 bits per heavy atom. The number of hydrogen-bond donors (Lipinski definition) is 1. The van der Waals surface area contributed by atoms with Gasteiger partial charge in [0.05, 0.1) is 6.54 Å². The minimum atomic E-state index is -0.0359. The number of carbonyl (C=O) groups excluding carboxylic acids is 1. The van der Waals surface area contributed by atoms with Crippen molar-refractivity contribution in [2.45, 2.75) is 6.54 Å². The van der Waals surface area contributed by atoms with E-state index in [2.05, 4.69) is 4.98 Å². The van der Waals surface area contributed by atoms with Crippen LogP contribution in [0.5, 0.6) is 5.75 Å². The second kappa shape index (κ2) is 3.59. The smallest absolute Gasteiger partial charge is 0.258 e. The predicted molar refractivity (Wildman–Crippen MR) is 62.9 cm³/mol. The first-order valence-corrected chi connectivity index (χ1v) is 5.29. The average Bonchev–Trinajstić information content (AvgIpc) is 2.67. The van der Waals surface area contributed by atoms with Crippen LogP contribution in [-0.4, -0.2) is 16.0 Å². The zero-order valence-corrected chi connectivity index (χ0v) is 9.00. The van der Waals surface area contributed by atoms with Gasteiger partial charge in [-0.15, -0.1) is 0 Å². The normalized spacial score (nSPS) is 13.9. The molecule has 0 fully saturated rings. The third-order valence-corrected chi connectivity index (χ3v) is 2.87. The molecule has 4 nitrogen and oxygen atoms in total. The molecule has 0 saturated carbocycles. The molecule has 0 aliphatic carbocycles. The number of phenols is 1. The highest BCUT2D eigenvalue weighted by Crippen LogP contribution is 2.29. The lowest BCUT2D eigenvalue weighted by Crippen LogP contribution is -2.22. The second-order valence-corrected chi connectivity index (χ2v) is 3.94. The van der Waals surface area contributed by atoms with Gasteiger partial charge in [0.2, 0.25) is 0 Å². The van der Waals surface area contributed by atoms with Gasteiger partial charge in [-0.3, -0.25) is 9.78 Å². The van der Waals surface area contributed by atoms with Crippen molar-refractivity contribution in [2.24, 2.45) is 0 Å². The van der Waals surface area contributed by atoms with Gasteiger partial charge >= 0.3 is 0 Å². The van der Waals surface area contributed by atoms with E-state index in [-0.39, 0.29) is 11.7 Å².